The molecule has 0 aliphatic rings. The van der Waals surface area contributed by atoms with E-state index in [4.69, 9.17) is 4.74 Å². The van der Waals surface area contributed by atoms with Gasteiger partial charge in [-0.2, -0.15) is 0 Å². The topological polar surface area (TPSA) is 70.6 Å². The van der Waals surface area contributed by atoms with Crippen LogP contribution >= 0.6 is 0 Å². The summed E-state index contributed by atoms with van der Waals surface area (Å²) in [5, 5.41) is 15.4. The number of alkyl carbamates (subject to hydrolysis) is 1. The van der Waals surface area contributed by atoms with Crippen LogP contribution in [0.15, 0.2) is 24.3 Å². The van der Waals surface area contributed by atoms with Gasteiger partial charge in [-0.1, -0.05) is 12.1 Å². The molecule has 0 aromatic heterocycles. The number of carbonyl (C=O) groups is 1. The quantitative estimate of drug-likeness (QED) is 0.781. The third kappa shape index (κ3) is 7.56. The van der Waals surface area contributed by atoms with Crippen molar-refractivity contribution in [3.05, 3.63) is 29.8 Å². The summed E-state index contributed by atoms with van der Waals surface area (Å²) in [6, 6.07) is 7.03. The van der Waals surface area contributed by atoms with E-state index in [0.717, 1.165) is 5.56 Å². The van der Waals surface area contributed by atoms with Crippen LogP contribution in [0.4, 0.5) is 4.79 Å². The van der Waals surface area contributed by atoms with Gasteiger partial charge in [0.05, 0.1) is 0 Å². The standard InChI is InChI=1S/C16H26N2O3/c1-15(2,3)21-14(20)17-11-16(4,5)18-10-12-6-8-13(19)9-7-12/h6-9,18-19H,10-11H2,1-5H3,(H,17,20). The van der Waals surface area contributed by atoms with Crippen LogP contribution in [0.1, 0.15) is 40.2 Å². The highest BCUT2D eigenvalue weighted by atomic mass is 16.6. The summed E-state index contributed by atoms with van der Waals surface area (Å²) in [5.41, 5.74) is 0.306. The van der Waals surface area contributed by atoms with Gasteiger partial charge >= 0.3 is 6.09 Å². The minimum atomic E-state index is -0.492. The largest absolute Gasteiger partial charge is 0.508 e. The van der Waals surface area contributed by atoms with E-state index >= 15 is 0 Å². The van der Waals surface area contributed by atoms with Crippen LogP contribution in [0.25, 0.3) is 0 Å². The highest BCUT2D eigenvalue weighted by molar-refractivity contribution is 5.67. The van der Waals surface area contributed by atoms with Crippen molar-refractivity contribution in [2.45, 2.75) is 52.3 Å². The molecule has 21 heavy (non-hydrogen) atoms. The van der Waals surface area contributed by atoms with Gasteiger partial charge < -0.3 is 20.5 Å². The van der Waals surface area contributed by atoms with E-state index in [9.17, 15) is 9.90 Å². The Balaban J connectivity index is 2.39. The van der Waals surface area contributed by atoms with E-state index in [2.05, 4.69) is 10.6 Å². The summed E-state index contributed by atoms with van der Waals surface area (Å²) >= 11 is 0. The molecule has 0 aliphatic carbocycles. The smallest absolute Gasteiger partial charge is 0.407 e. The van der Waals surface area contributed by atoms with Crippen LogP contribution in [0.2, 0.25) is 0 Å². The molecule has 0 saturated carbocycles. The average Bonchev–Trinajstić information content (AvgIpc) is 2.34. The van der Waals surface area contributed by atoms with Crippen molar-refractivity contribution in [2.75, 3.05) is 6.54 Å². The predicted octanol–water partition coefficient (Wildman–Crippen LogP) is 2.79. The van der Waals surface area contributed by atoms with Crippen LogP contribution in [-0.2, 0) is 11.3 Å². The molecule has 0 radical (unpaired) electrons. The number of phenols is 1. The Morgan fingerprint density at radius 3 is 2.24 bits per heavy atom. The number of rotatable bonds is 5. The van der Waals surface area contributed by atoms with E-state index in [0.29, 0.717) is 13.1 Å². The lowest BCUT2D eigenvalue weighted by Gasteiger charge is -2.28. The third-order valence-electron chi connectivity index (χ3n) is 2.78. The van der Waals surface area contributed by atoms with Gasteiger partial charge in [0.15, 0.2) is 0 Å². The molecule has 1 rings (SSSR count). The fraction of sp³-hybridized carbons (Fsp3) is 0.562. The number of carbonyl (C=O) groups excluding carboxylic acids is 1. The molecule has 0 heterocycles. The second-order valence-corrected chi connectivity index (χ2v) is 6.76. The zero-order valence-corrected chi connectivity index (χ0v) is 13.5. The fourth-order valence-electron chi connectivity index (χ4n) is 1.62. The Morgan fingerprint density at radius 2 is 1.71 bits per heavy atom. The number of nitrogens with one attached hydrogen (secondary N) is 2. The summed E-state index contributed by atoms with van der Waals surface area (Å²) in [4.78, 5) is 11.6. The second kappa shape index (κ2) is 6.80. The van der Waals surface area contributed by atoms with E-state index in [1.807, 2.05) is 46.8 Å². The molecule has 118 valence electrons. The van der Waals surface area contributed by atoms with Gasteiger partial charge in [-0.25, -0.2) is 4.79 Å². The van der Waals surface area contributed by atoms with Crippen LogP contribution in [0, 0.1) is 0 Å². The van der Waals surface area contributed by atoms with E-state index in [-0.39, 0.29) is 11.3 Å². The lowest BCUT2D eigenvalue weighted by Crippen LogP contribution is -2.49. The summed E-state index contributed by atoms with van der Waals surface area (Å²) in [6.45, 7) is 10.6. The zero-order chi connectivity index (χ0) is 16.1. The normalized spacial score (nSPS) is 12.0. The first kappa shape index (κ1) is 17.3. The van der Waals surface area contributed by atoms with Crippen molar-refractivity contribution in [2.24, 2.45) is 0 Å². The predicted molar refractivity (Wildman–Crippen MR) is 83.3 cm³/mol. The Labute approximate surface area is 126 Å². The van der Waals surface area contributed by atoms with Gasteiger partial charge in [0.1, 0.15) is 11.4 Å². The van der Waals surface area contributed by atoms with E-state index in [1.165, 1.54) is 0 Å². The number of aromatic hydroxyl groups is 1. The number of benzene rings is 1. The van der Waals surface area contributed by atoms with Crippen molar-refractivity contribution >= 4 is 6.09 Å². The molecule has 0 bridgehead atoms. The zero-order valence-electron chi connectivity index (χ0n) is 13.5. The Morgan fingerprint density at radius 1 is 1.14 bits per heavy atom. The van der Waals surface area contributed by atoms with Gasteiger partial charge in [0, 0.05) is 18.6 Å². The lowest BCUT2D eigenvalue weighted by molar-refractivity contribution is 0.0513. The van der Waals surface area contributed by atoms with Gasteiger partial charge in [-0.05, 0) is 52.3 Å². The summed E-state index contributed by atoms with van der Waals surface area (Å²) in [6.07, 6.45) is -0.415. The van der Waals surface area contributed by atoms with Crippen LogP contribution in [0.3, 0.4) is 0 Å². The number of amides is 1. The molecule has 1 aromatic carbocycles. The third-order valence-corrected chi connectivity index (χ3v) is 2.78. The van der Waals surface area contributed by atoms with Gasteiger partial charge in [0.25, 0.3) is 0 Å². The van der Waals surface area contributed by atoms with Crippen LogP contribution < -0.4 is 10.6 Å². The number of hydrogen-bond acceptors (Lipinski definition) is 4. The van der Waals surface area contributed by atoms with E-state index in [1.54, 1.807) is 12.1 Å². The Hall–Kier alpha value is -1.75. The van der Waals surface area contributed by atoms with Crippen molar-refractivity contribution in [1.82, 2.24) is 10.6 Å². The highest BCUT2D eigenvalue weighted by Gasteiger charge is 2.21. The van der Waals surface area contributed by atoms with E-state index < -0.39 is 11.7 Å². The van der Waals surface area contributed by atoms with Crippen molar-refractivity contribution < 1.29 is 14.6 Å². The molecular weight excluding hydrogens is 268 g/mol. The van der Waals surface area contributed by atoms with Crippen molar-refractivity contribution in [3.63, 3.8) is 0 Å². The maximum Gasteiger partial charge on any atom is 0.407 e. The summed E-state index contributed by atoms with van der Waals surface area (Å²) in [5.74, 6) is 0.254. The maximum atomic E-state index is 11.6. The molecule has 0 fully saturated rings. The second-order valence-electron chi connectivity index (χ2n) is 6.76. The molecule has 0 unspecified atom stereocenters. The van der Waals surface area contributed by atoms with Crippen molar-refractivity contribution in [3.8, 4) is 5.75 Å². The molecule has 1 amide bonds. The molecule has 0 saturated heterocycles. The Kier molecular flexibility index (Phi) is 5.61. The molecule has 5 heteroatoms. The highest BCUT2D eigenvalue weighted by Crippen LogP contribution is 2.11. The summed E-state index contributed by atoms with van der Waals surface area (Å²) < 4.78 is 5.20. The number of phenolic OH excluding ortho intramolecular Hbond substituents is 1. The SMILES string of the molecule is CC(C)(CNC(=O)OC(C)(C)C)NCc1ccc(O)cc1. The molecule has 1 aromatic rings. The lowest BCUT2D eigenvalue weighted by atomic mass is 10.1. The first-order chi connectivity index (χ1) is 9.57. The van der Waals surface area contributed by atoms with Crippen molar-refractivity contribution in [1.29, 1.82) is 0 Å². The number of ether oxygens (including phenoxy) is 1. The van der Waals surface area contributed by atoms with Gasteiger partial charge in [-0.3, -0.25) is 0 Å². The minimum absolute atomic E-state index is 0.254. The molecule has 0 spiro atoms. The molecule has 0 atom stereocenters. The molecule has 5 nitrogen and oxygen atoms in total. The van der Waals surface area contributed by atoms with Crippen LogP contribution in [-0.4, -0.2) is 28.9 Å². The molecular formula is C16H26N2O3. The minimum Gasteiger partial charge on any atom is -0.508 e. The first-order valence-corrected chi connectivity index (χ1v) is 7.07. The maximum absolute atomic E-state index is 11.6. The first-order valence-electron chi connectivity index (χ1n) is 7.07. The van der Waals surface area contributed by atoms with Gasteiger partial charge in [0.2, 0.25) is 0 Å². The fourth-order valence-corrected chi connectivity index (χ4v) is 1.62. The van der Waals surface area contributed by atoms with Gasteiger partial charge in [-0.15, -0.1) is 0 Å². The monoisotopic (exact) mass is 294 g/mol. The number of hydrogen-bond donors (Lipinski definition) is 3. The molecule has 3 N–H and O–H groups in total. The Bertz CT molecular complexity index is 461. The molecule has 0 aliphatic heterocycles. The van der Waals surface area contributed by atoms with Crippen LogP contribution in [0.5, 0.6) is 5.75 Å². The average molecular weight is 294 g/mol. The summed E-state index contributed by atoms with van der Waals surface area (Å²) in [7, 11) is 0.